The van der Waals surface area contributed by atoms with E-state index in [0.29, 0.717) is 29.1 Å². The molecule has 2 aliphatic heterocycles. The fraction of sp³-hybridized carbons (Fsp3) is 0.393. The molecule has 9 nitrogen and oxygen atoms in total. The molecule has 0 amide bonds. The number of aromatic nitrogens is 2. The predicted octanol–water partition coefficient (Wildman–Crippen LogP) is 4.08. The van der Waals surface area contributed by atoms with Gasteiger partial charge in [-0.1, -0.05) is 0 Å². The molecular formula is C28H32N6O3. The molecule has 1 aromatic heterocycles. The molecule has 3 aromatic rings. The molecule has 0 atom stereocenters. The predicted molar refractivity (Wildman–Crippen MR) is 143 cm³/mol. The van der Waals surface area contributed by atoms with Crippen LogP contribution < -0.4 is 19.7 Å². The van der Waals surface area contributed by atoms with Crippen molar-refractivity contribution in [2.45, 2.75) is 18.9 Å². The van der Waals surface area contributed by atoms with E-state index in [9.17, 15) is 5.26 Å². The lowest BCUT2D eigenvalue weighted by molar-refractivity contribution is 0.0115. The van der Waals surface area contributed by atoms with E-state index in [1.807, 2.05) is 42.5 Å². The van der Waals surface area contributed by atoms with E-state index < -0.39 is 0 Å². The van der Waals surface area contributed by atoms with Crippen LogP contribution in [0.15, 0.2) is 48.7 Å². The minimum Gasteiger partial charge on any atom is -0.497 e. The van der Waals surface area contributed by atoms with Crippen LogP contribution in [0.1, 0.15) is 18.4 Å². The van der Waals surface area contributed by atoms with Gasteiger partial charge in [-0.2, -0.15) is 5.26 Å². The molecule has 192 valence electrons. The lowest BCUT2D eigenvalue weighted by atomic mass is 10.0. The summed E-state index contributed by atoms with van der Waals surface area (Å²) in [7, 11) is 3.24. The second-order valence-electron chi connectivity index (χ2n) is 9.20. The molecule has 2 aromatic carbocycles. The number of ether oxygens (including phenoxy) is 3. The van der Waals surface area contributed by atoms with Gasteiger partial charge in [0.1, 0.15) is 17.6 Å². The van der Waals surface area contributed by atoms with Crippen molar-refractivity contribution >= 4 is 17.3 Å². The van der Waals surface area contributed by atoms with E-state index in [2.05, 4.69) is 31.2 Å². The molecule has 5 rings (SSSR count). The summed E-state index contributed by atoms with van der Waals surface area (Å²) in [6, 6.07) is 16.3. The highest BCUT2D eigenvalue weighted by atomic mass is 16.5. The molecule has 0 radical (unpaired) electrons. The van der Waals surface area contributed by atoms with Crippen molar-refractivity contribution in [1.29, 1.82) is 5.26 Å². The second-order valence-corrected chi connectivity index (χ2v) is 9.20. The molecular weight excluding hydrogens is 468 g/mol. The maximum atomic E-state index is 9.91. The average molecular weight is 501 g/mol. The summed E-state index contributed by atoms with van der Waals surface area (Å²) in [6.07, 6.45) is 3.90. The Labute approximate surface area is 217 Å². The fourth-order valence-electron chi connectivity index (χ4n) is 5.06. The SMILES string of the molecule is COc1cc(OC)cc(-c2ccnc(Nc3ccc(N4CCC(N5CCOCC5)CC4)c(C#N)c3)n2)c1. The molecule has 0 saturated carbocycles. The van der Waals surface area contributed by atoms with Gasteiger partial charge < -0.3 is 24.4 Å². The summed E-state index contributed by atoms with van der Waals surface area (Å²) >= 11 is 0. The number of hydrogen-bond acceptors (Lipinski definition) is 9. The smallest absolute Gasteiger partial charge is 0.227 e. The minimum absolute atomic E-state index is 0.447. The molecule has 2 aliphatic rings. The van der Waals surface area contributed by atoms with Gasteiger partial charge in [0.15, 0.2) is 0 Å². The summed E-state index contributed by atoms with van der Waals surface area (Å²) in [6.45, 7) is 5.57. The number of nitriles is 1. The third-order valence-electron chi connectivity index (χ3n) is 7.04. The van der Waals surface area contributed by atoms with Gasteiger partial charge in [0.05, 0.1) is 44.4 Å². The van der Waals surface area contributed by atoms with Crippen molar-refractivity contribution in [3.8, 4) is 28.8 Å². The van der Waals surface area contributed by atoms with Gasteiger partial charge in [0.25, 0.3) is 0 Å². The van der Waals surface area contributed by atoms with Gasteiger partial charge in [0.2, 0.25) is 5.95 Å². The Kier molecular flexibility index (Phi) is 7.68. The molecule has 2 fully saturated rings. The molecule has 0 spiro atoms. The van der Waals surface area contributed by atoms with Crippen molar-refractivity contribution in [1.82, 2.24) is 14.9 Å². The van der Waals surface area contributed by atoms with Crippen molar-refractivity contribution < 1.29 is 14.2 Å². The van der Waals surface area contributed by atoms with Gasteiger partial charge >= 0.3 is 0 Å². The standard InChI is InChI=1S/C28H32N6O3/c1-35-24-16-20(17-25(18-24)36-2)26-5-8-30-28(32-26)31-22-3-4-27(21(15-22)19-29)34-9-6-23(7-10-34)33-11-13-37-14-12-33/h3-5,8,15-18,23H,6-7,9-14H2,1-2H3,(H,30,31,32). The summed E-state index contributed by atoms with van der Waals surface area (Å²) in [5, 5.41) is 13.2. The third kappa shape index (κ3) is 5.77. The first kappa shape index (κ1) is 24.8. The number of methoxy groups -OCH3 is 2. The lowest BCUT2D eigenvalue weighted by Gasteiger charge is -2.41. The van der Waals surface area contributed by atoms with Gasteiger partial charge in [-0.3, -0.25) is 4.90 Å². The normalized spacial score (nSPS) is 16.7. The Morgan fingerprint density at radius 2 is 1.70 bits per heavy atom. The lowest BCUT2D eigenvalue weighted by Crippen LogP contribution is -2.49. The largest absolute Gasteiger partial charge is 0.497 e. The Morgan fingerprint density at radius 3 is 2.38 bits per heavy atom. The number of rotatable bonds is 7. The van der Waals surface area contributed by atoms with Crippen molar-refractivity contribution in [2.75, 3.05) is 63.8 Å². The third-order valence-corrected chi connectivity index (χ3v) is 7.04. The van der Waals surface area contributed by atoms with Crippen LogP contribution in [0.25, 0.3) is 11.3 Å². The maximum Gasteiger partial charge on any atom is 0.227 e. The first-order valence-corrected chi connectivity index (χ1v) is 12.6. The molecule has 0 aliphatic carbocycles. The quantitative estimate of drug-likeness (QED) is 0.515. The van der Waals surface area contributed by atoms with E-state index >= 15 is 0 Å². The zero-order chi connectivity index (χ0) is 25.6. The van der Waals surface area contributed by atoms with Crippen LogP contribution in [0.4, 0.5) is 17.3 Å². The Balaban J connectivity index is 1.29. The van der Waals surface area contributed by atoms with Gasteiger partial charge in [-0.05, 0) is 49.2 Å². The Morgan fingerprint density at radius 1 is 0.973 bits per heavy atom. The van der Waals surface area contributed by atoms with Crippen LogP contribution in [0.2, 0.25) is 0 Å². The highest BCUT2D eigenvalue weighted by Gasteiger charge is 2.26. The van der Waals surface area contributed by atoms with E-state index in [4.69, 9.17) is 14.2 Å². The van der Waals surface area contributed by atoms with Crippen molar-refractivity contribution in [3.63, 3.8) is 0 Å². The first-order chi connectivity index (χ1) is 18.2. The Bertz CT molecular complexity index is 1240. The maximum absolute atomic E-state index is 9.91. The van der Waals surface area contributed by atoms with Gasteiger partial charge in [-0.25, -0.2) is 9.97 Å². The molecule has 1 N–H and O–H groups in total. The van der Waals surface area contributed by atoms with E-state index in [0.717, 1.165) is 74.9 Å². The number of piperidine rings is 1. The molecule has 37 heavy (non-hydrogen) atoms. The summed E-state index contributed by atoms with van der Waals surface area (Å²) < 4.78 is 16.3. The minimum atomic E-state index is 0.447. The van der Waals surface area contributed by atoms with E-state index in [-0.39, 0.29) is 0 Å². The van der Waals surface area contributed by atoms with Crippen molar-refractivity contribution in [2.24, 2.45) is 0 Å². The van der Waals surface area contributed by atoms with Crippen LogP contribution in [0, 0.1) is 11.3 Å². The average Bonchev–Trinajstić information content (AvgIpc) is 2.97. The van der Waals surface area contributed by atoms with Crippen LogP contribution in [0.3, 0.4) is 0 Å². The summed E-state index contributed by atoms with van der Waals surface area (Å²) in [4.78, 5) is 13.9. The van der Waals surface area contributed by atoms with Crippen LogP contribution in [0.5, 0.6) is 11.5 Å². The van der Waals surface area contributed by atoms with Crippen LogP contribution >= 0.6 is 0 Å². The molecule has 3 heterocycles. The number of morpholine rings is 1. The topological polar surface area (TPSA) is 95.8 Å². The van der Waals surface area contributed by atoms with Crippen LogP contribution in [-0.2, 0) is 4.74 Å². The molecule has 9 heteroatoms. The Hall–Kier alpha value is -3.87. The summed E-state index contributed by atoms with van der Waals surface area (Å²) in [5.74, 6) is 1.82. The zero-order valence-electron chi connectivity index (χ0n) is 21.3. The second kappa shape index (κ2) is 11.5. The van der Waals surface area contributed by atoms with Crippen molar-refractivity contribution in [3.05, 3.63) is 54.2 Å². The number of benzene rings is 2. The summed E-state index contributed by atoms with van der Waals surface area (Å²) in [5.41, 5.74) is 3.98. The number of anilines is 3. The van der Waals surface area contributed by atoms with E-state index in [1.165, 1.54) is 0 Å². The number of nitrogens with zero attached hydrogens (tertiary/aromatic N) is 5. The fourth-order valence-corrected chi connectivity index (χ4v) is 5.06. The molecule has 0 bridgehead atoms. The molecule has 0 unspecified atom stereocenters. The number of hydrogen-bond donors (Lipinski definition) is 1. The number of nitrogens with one attached hydrogen (secondary N) is 1. The van der Waals surface area contributed by atoms with Gasteiger partial charge in [-0.15, -0.1) is 0 Å². The van der Waals surface area contributed by atoms with E-state index in [1.54, 1.807) is 20.4 Å². The van der Waals surface area contributed by atoms with Crippen LogP contribution in [-0.4, -0.2) is 74.5 Å². The first-order valence-electron chi connectivity index (χ1n) is 12.6. The zero-order valence-corrected chi connectivity index (χ0v) is 21.3. The molecule has 2 saturated heterocycles. The van der Waals surface area contributed by atoms with Gasteiger partial charge in [0, 0.05) is 55.7 Å². The highest BCUT2D eigenvalue weighted by molar-refractivity contribution is 5.69. The monoisotopic (exact) mass is 500 g/mol. The highest BCUT2D eigenvalue weighted by Crippen LogP contribution is 2.31.